The number of rotatable bonds is 3. The minimum Gasteiger partial charge on any atom is -0.369 e. The Morgan fingerprint density at radius 1 is 1.47 bits per heavy atom. The van der Waals surface area contributed by atoms with Crippen molar-refractivity contribution in [2.75, 3.05) is 5.73 Å². The SMILES string of the molecule is Cc1ccnc2c1nc(N)n2CCC1CCC1. The first-order chi connectivity index (χ1) is 8.25. The average Bonchev–Trinajstić information content (AvgIpc) is 2.55. The number of aryl methyl sites for hydroxylation is 2. The molecule has 0 aromatic carbocycles. The number of imidazole rings is 1. The largest absolute Gasteiger partial charge is 0.369 e. The number of anilines is 1. The van der Waals surface area contributed by atoms with Crippen LogP contribution in [0, 0.1) is 12.8 Å². The molecule has 4 nitrogen and oxygen atoms in total. The molecule has 1 fully saturated rings. The Morgan fingerprint density at radius 3 is 3.00 bits per heavy atom. The third kappa shape index (κ3) is 1.77. The van der Waals surface area contributed by atoms with Gasteiger partial charge in [-0.1, -0.05) is 19.3 Å². The van der Waals surface area contributed by atoms with Crippen molar-refractivity contribution < 1.29 is 0 Å². The van der Waals surface area contributed by atoms with Gasteiger partial charge in [-0.3, -0.25) is 4.57 Å². The lowest BCUT2D eigenvalue weighted by Crippen LogP contribution is -2.15. The summed E-state index contributed by atoms with van der Waals surface area (Å²) >= 11 is 0. The quantitative estimate of drug-likeness (QED) is 0.881. The third-order valence-electron chi connectivity index (χ3n) is 3.85. The first-order valence-corrected chi connectivity index (χ1v) is 6.33. The van der Waals surface area contributed by atoms with E-state index in [9.17, 15) is 0 Å². The highest BCUT2D eigenvalue weighted by Crippen LogP contribution is 2.30. The van der Waals surface area contributed by atoms with Crippen LogP contribution in [-0.2, 0) is 6.54 Å². The summed E-state index contributed by atoms with van der Waals surface area (Å²) in [5, 5.41) is 0. The average molecular weight is 230 g/mol. The predicted octanol–water partition coefficient (Wildman–Crippen LogP) is 2.51. The molecule has 2 N–H and O–H groups in total. The molecule has 0 bridgehead atoms. The Hall–Kier alpha value is -1.58. The summed E-state index contributed by atoms with van der Waals surface area (Å²) in [5.74, 6) is 1.48. The summed E-state index contributed by atoms with van der Waals surface area (Å²) in [5.41, 5.74) is 9.00. The normalized spacial score (nSPS) is 16.3. The number of pyridine rings is 1. The van der Waals surface area contributed by atoms with Crippen molar-refractivity contribution in [3.8, 4) is 0 Å². The summed E-state index contributed by atoms with van der Waals surface area (Å²) in [6, 6.07) is 1.98. The van der Waals surface area contributed by atoms with Gasteiger partial charge in [0.2, 0.25) is 5.95 Å². The summed E-state index contributed by atoms with van der Waals surface area (Å²) in [6.45, 7) is 3.00. The standard InChI is InChI=1S/C13H18N4/c1-9-5-7-15-12-11(9)16-13(14)17(12)8-6-10-3-2-4-10/h5,7,10H,2-4,6,8H2,1H3,(H2,14,16). The van der Waals surface area contributed by atoms with Crippen molar-refractivity contribution in [3.63, 3.8) is 0 Å². The smallest absolute Gasteiger partial charge is 0.202 e. The summed E-state index contributed by atoms with van der Waals surface area (Å²) in [6.07, 6.45) is 7.17. The molecule has 4 heteroatoms. The number of nitrogens with zero attached hydrogens (tertiary/aromatic N) is 3. The van der Waals surface area contributed by atoms with E-state index in [0.29, 0.717) is 5.95 Å². The monoisotopic (exact) mass is 230 g/mol. The lowest BCUT2D eigenvalue weighted by molar-refractivity contribution is 0.284. The molecular weight excluding hydrogens is 212 g/mol. The topological polar surface area (TPSA) is 56.7 Å². The van der Waals surface area contributed by atoms with Crippen LogP contribution >= 0.6 is 0 Å². The summed E-state index contributed by atoms with van der Waals surface area (Å²) < 4.78 is 2.06. The highest BCUT2D eigenvalue weighted by atomic mass is 15.2. The molecule has 0 amide bonds. The lowest BCUT2D eigenvalue weighted by Gasteiger charge is -2.25. The van der Waals surface area contributed by atoms with Gasteiger partial charge in [0.1, 0.15) is 5.52 Å². The van der Waals surface area contributed by atoms with Crippen LogP contribution in [-0.4, -0.2) is 14.5 Å². The fraction of sp³-hybridized carbons (Fsp3) is 0.538. The molecule has 0 aliphatic heterocycles. The molecule has 90 valence electrons. The Labute approximate surface area is 101 Å². The molecule has 3 rings (SSSR count). The van der Waals surface area contributed by atoms with Gasteiger partial charge in [0.15, 0.2) is 5.65 Å². The minimum atomic E-state index is 0.598. The molecule has 2 aromatic heterocycles. The first kappa shape index (κ1) is 10.6. The van der Waals surface area contributed by atoms with E-state index in [2.05, 4.69) is 14.5 Å². The fourth-order valence-electron chi connectivity index (χ4n) is 2.47. The van der Waals surface area contributed by atoms with Crippen molar-refractivity contribution in [2.24, 2.45) is 5.92 Å². The van der Waals surface area contributed by atoms with Crippen LogP contribution < -0.4 is 5.73 Å². The maximum absolute atomic E-state index is 5.98. The van der Waals surface area contributed by atoms with Gasteiger partial charge in [-0.2, -0.15) is 0 Å². The number of fused-ring (bicyclic) bond motifs is 1. The molecule has 0 unspecified atom stereocenters. The van der Waals surface area contributed by atoms with E-state index in [4.69, 9.17) is 5.73 Å². The highest BCUT2D eigenvalue weighted by Gasteiger charge is 2.18. The zero-order valence-corrected chi connectivity index (χ0v) is 10.2. The van der Waals surface area contributed by atoms with Gasteiger partial charge >= 0.3 is 0 Å². The van der Waals surface area contributed by atoms with Gasteiger partial charge in [-0.05, 0) is 30.9 Å². The Morgan fingerprint density at radius 2 is 2.29 bits per heavy atom. The van der Waals surface area contributed by atoms with Crippen LogP contribution in [0.4, 0.5) is 5.95 Å². The van der Waals surface area contributed by atoms with Crippen LogP contribution in [0.3, 0.4) is 0 Å². The van der Waals surface area contributed by atoms with Crippen LogP contribution in [0.2, 0.25) is 0 Å². The second kappa shape index (κ2) is 4.02. The maximum atomic E-state index is 5.98. The van der Waals surface area contributed by atoms with E-state index >= 15 is 0 Å². The first-order valence-electron chi connectivity index (χ1n) is 6.33. The molecule has 17 heavy (non-hydrogen) atoms. The van der Waals surface area contributed by atoms with Gasteiger partial charge in [0.05, 0.1) is 0 Å². The molecule has 0 saturated heterocycles. The van der Waals surface area contributed by atoms with Gasteiger partial charge in [0.25, 0.3) is 0 Å². The van der Waals surface area contributed by atoms with Crippen molar-refractivity contribution in [1.82, 2.24) is 14.5 Å². The lowest BCUT2D eigenvalue weighted by atomic mass is 9.83. The number of hydrogen-bond donors (Lipinski definition) is 1. The number of nitrogens with two attached hydrogens (primary N) is 1. The van der Waals surface area contributed by atoms with E-state index in [1.54, 1.807) is 0 Å². The zero-order valence-electron chi connectivity index (χ0n) is 10.2. The van der Waals surface area contributed by atoms with Crippen LogP contribution in [0.1, 0.15) is 31.2 Å². The molecule has 0 atom stereocenters. The van der Waals surface area contributed by atoms with Crippen molar-refractivity contribution >= 4 is 17.1 Å². The third-order valence-corrected chi connectivity index (χ3v) is 3.85. The van der Waals surface area contributed by atoms with E-state index < -0.39 is 0 Å². The Kier molecular flexibility index (Phi) is 2.50. The molecule has 1 saturated carbocycles. The molecule has 2 aromatic rings. The zero-order chi connectivity index (χ0) is 11.8. The molecular formula is C13H18N4. The van der Waals surface area contributed by atoms with E-state index in [1.165, 1.54) is 25.7 Å². The van der Waals surface area contributed by atoms with Gasteiger partial charge in [0, 0.05) is 12.7 Å². The van der Waals surface area contributed by atoms with Crippen LogP contribution in [0.15, 0.2) is 12.3 Å². The maximum Gasteiger partial charge on any atom is 0.202 e. The minimum absolute atomic E-state index is 0.598. The van der Waals surface area contributed by atoms with E-state index in [1.807, 2.05) is 19.2 Å². The van der Waals surface area contributed by atoms with E-state index in [0.717, 1.165) is 29.2 Å². The van der Waals surface area contributed by atoms with Gasteiger partial charge in [-0.15, -0.1) is 0 Å². The van der Waals surface area contributed by atoms with Crippen molar-refractivity contribution in [1.29, 1.82) is 0 Å². The van der Waals surface area contributed by atoms with Gasteiger partial charge in [-0.25, -0.2) is 9.97 Å². The molecule has 0 spiro atoms. The second-order valence-corrected chi connectivity index (χ2v) is 5.01. The van der Waals surface area contributed by atoms with Crippen LogP contribution in [0.25, 0.3) is 11.2 Å². The van der Waals surface area contributed by atoms with Crippen molar-refractivity contribution in [3.05, 3.63) is 17.8 Å². The van der Waals surface area contributed by atoms with E-state index in [-0.39, 0.29) is 0 Å². The highest BCUT2D eigenvalue weighted by molar-refractivity contribution is 5.77. The second-order valence-electron chi connectivity index (χ2n) is 5.01. The molecule has 2 heterocycles. The van der Waals surface area contributed by atoms with Crippen LogP contribution in [0.5, 0.6) is 0 Å². The summed E-state index contributed by atoms with van der Waals surface area (Å²) in [7, 11) is 0. The fourth-order valence-corrected chi connectivity index (χ4v) is 2.47. The molecule has 0 radical (unpaired) electrons. The number of aromatic nitrogens is 3. The number of nitrogen functional groups attached to an aromatic ring is 1. The van der Waals surface area contributed by atoms with Gasteiger partial charge < -0.3 is 5.73 Å². The Bertz CT molecular complexity index is 540. The predicted molar refractivity (Wildman–Crippen MR) is 68.6 cm³/mol. The molecule has 1 aliphatic carbocycles. The van der Waals surface area contributed by atoms with Crippen molar-refractivity contribution in [2.45, 2.75) is 39.2 Å². The number of hydrogen-bond acceptors (Lipinski definition) is 3. The summed E-state index contributed by atoms with van der Waals surface area (Å²) in [4.78, 5) is 8.82. The Balaban J connectivity index is 1.91. The molecule has 1 aliphatic rings.